The first-order valence-electron chi connectivity index (χ1n) is 4.27. The number of aryl methyl sites for hydroxylation is 1. The first kappa shape index (κ1) is 10.2. The summed E-state index contributed by atoms with van der Waals surface area (Å²) in [6.07, 6.45) is 0.569. The highest BCUT2D eigenvalue weighted by Gasteiger charge is 1.99. The summed E-state index contributed by atoms with van der Waals surface area (Å²) in [5, 5.41) is 0. The summed E-state index contributed by atoms with van der Waals surface area (Å²) in [6, 6.07) is 7.86. The zero-order valence-electron chi connectivity index (χ0n) is 8.24. The average molecular weight is 191 g/mol. The quantitative estimate of drug-likeness (QED) is 0.318. The highest BCUT2D eigenvalue weighted by Crippen LogP contribution is 2.02. The molecule has 0 radical (unpaired) electrons. The zero-order chi connectivity index (χ0) is 10.4. The fraction of sp³-hybridized carbons (Fsp3) is 0.200. The lowest BCUT2D eigenvalue weighted by atomic mass is 10.1. The van der Waals surface area contributed by atoms with Crippen molar-refractivity contribution in [3.63, 3.8) is 0 Å². The van der Waals surface area contributed by atoms with E-state index in [0.29, 0.717) is 12.2 Å². The second-order valence-electron chi connectivity index (χ2n) is 2.83. The number of hydrogen-bond acceptors (Lipinski definition) is 2. The molecule has 0 spiro atoms. The van der Waals surface area contributed by atoms with E-state index in [2.05, 4.69) is 15.8 Å². The molecule has 0 saturated carbocycles. The van der Waals surface area contributed by atoms with Crippen LogP contribution in [0.2, 0.25) is 0 Å². The summed E-state index contributed by atoms with van der Waals surface area (Å²) in [7, 11) is 1.66. The Labute approximate surface area is 83.0 Å². The number of benzene rings is 1. The molecule has 74 valence electrons. The van der Waals surface area contributed by atoms with E-state index in [1.165, 1.54) is 5.56 Å². The van der Waals surface area contributed by atoms with E-state index in [-0.39, 0.29) is 0 Å². The fourth-order valence-corrected chi connectivity index (χ4v) is 1.07. The highest BCUT2D eigenvalue weighted by molar-refractivity contribution is 5.98. The first-order chi connectivity index (χ1) is 6.77. The van der Waals surface area contributed by atoms with E-state index in [1.54, 1.807) is 7.05 Å². The lowest BCUT2D eigenvalue weighted by Gasteiger charge is -2.07. The van der Waals surface area contributed by atoms with E-state index < -0.39 is 0 Å². The monoisotopic (exact) mass is 191 g/mol. The molecule has 0 saturated heterocycles. The number of rotatable bonds is 3. The molecule has 1 amide bonds. The Kier molecular flexibility index (Phi) is 3.67. The van der Waals surface area contributed by atoms with Gasteiger partial charge in [-0.1, -0.05) is 29.8 Å². The number of carbonyl (C=O) groups is 1. The molecule has 0 aliphatic heterocycles. The van der Waals surface area contributed by atoms with Crippen LogP contribution in [-0.4, -0.2) is 19.3 Å². The van der Waals surface area contributed by atoms with Crippen molar-refractivity contribution in [1.82, 2.24) is 10.9 Å². The summed E-state index contributed by atoms with van der Waals surface area (Å²) in [5.74, 6) is 0.636. The summed E-state index contributed by atoms with van der Waals surface area (Å²) >= 11 is 0. The van der Waals surface area contributed by atoms with Gasteiger partial charge in [0.1, 0.15) is 5.84 Å². The van der Waals surface area contributed by atoms with Gasteiger partial charge in [-0.2, -0.15) is 0 Å². The van der Waals surface area contributed by atoms with Crippen LogP contribution in [0, 0.1) is 6.92 Å². The van der Waals surface area contributed by atoms with Crippen LogP contribution in [-0.2, 0) is 4.79 Å². The molecule has 1 aromatic carbocycles. The predicted octanol–water partition coefficient (Wildman–Crippen LogP) is 0.622. The molecule has 0 aromatic heterocycles. The predicted molar refractivity (Wildman–Crippen MR) is 56.0 cm³/mol. The van der Waals surface area contributed by atoms with Crippen LogP contribution in [0.25, 0.3) is 0 Å². The molecule has 14 heavy (non-hydrogen) atoms. The Hall–Kier alpha value is -1.84. The average Bonchev–Trinajstić information content (AvgIpc) is 2.21. The Morgan fingerprint density at radius 1 is 1.36 bits per heavy atom. The van der Waals surface area contributed by atoms with Crippen molar-refractivity contribution >= 4 is 12.2 Å². The van der Waals surface area contributed by atoms with Crippen molar-refractivity contribution in [1.29, 1.82) is 0 Å². The molecule has 1 aromatic rings. The van der Waals surface area contributed by atoms with Crippen LogP contribution in [0.15, 0.2) is 29.3 Å². The molecule has 0 bridgehead atoms. The van der Waals surface area contributed by atoms with Gasteiger partial charge in [0.2, 0.25) is 6.41 Å². The van der Waals surface area contributed by atoms with Crippen LogP contribution in [0.4, 0.5) is 0 Å². The minimum Gasteiger partial charge on any atom is -0.282 e. The number of nitrogens with one attached hydrogen (secondary N) is 2. The summed E-state index contributed by atoms with van der Waals surface area (Å²) in [6.45, 7) is 2.02. The van der Waals surface area contributed by atoms with E-state index in [1.807, 2.05) is 31.2 Å². The smallest absolute Gasteiger partial charge is 0.225 e. The SMILES string of the molecule is CN=C(NNC=O)c1ccc(C)cc1. The Morgan fingerprint density at radius 3 is 2.50 bits per heavy atom. The molecule has 4 nitrogen and oxygen atoms in total. The number of hydrogen-bond donors (Lipinski definition) is 2. The molecule has 4 heteroatoms. The third-order valence-electron chi connectivity index (χ3n) is 1.80. The fourth-order valence-electron chi connectivity index (χ4n) is 1.07. The first-order valence-corrected chi connectivity index (χ1v) is 4.27. The van der Waals surface area contributed by atoms with Gasteiger partial charge in [-0.15, -0.1) is 0 Å². The van der Waals surface area contributed by atoms with Crippen molar-refractivity contribution in [3.05, 3.63) is 35.4 Å². The lowest BCUT2D eigenvalue weighted by Crippen LogP contribution is -2.36. The van der Waals surface area contributed by atoms with E-state index in [9.17, 15) is 4.79 Å². The summed E-state index contributed by atoms with van der Waals surface area (Å²) in [5.41, 5.74) is 7.16. The maximum atomic E-state index is 10.1. The van der Waals surface area contributed by atoms with Gasteiger partial charge in [0.15, 0.2) is 0 Å². The van der Waals surface area contributed by atoms with Crippen LogP contribution in [0.1, 0.15) is 11.1 Å². The number of aliphatic imine (C=N–C) groups is 1. The van der Waals surface area contributed by atoms with Gasteiger partial charge in [0.25, 0.3) is 0 Å². The van der Waals surface area contributed by atoms with Crippen molar-refractivity contribution in [2.45, 2.75) is 6.92 Å². The van der Waals surface area contributed by atoms with Crippen molar-refractivity contribution in [2.75, 3.05) is 7.05 Å². The van der Waals surface area contributed by atoms with Crippen LogP contribution in [0.5, 0.6) is 0 Å². The van der Waals surface area contributed by atoms with Crippen molar-refractivity contribution in [2.24, 2.45) is 4.99 Å². The third kappa shape index (κ3) is 2.58. The van der Waals surface area contributed by atoms with Gasteiger partial charge in [-0.3, -0.25) is 20.6 Å². The van der Waals surface area contributed by atoms with Gasteiger partial charge in [0, 0.05) is 12.6 Å². The van der Waals surface area contributed by atoms with E-state index in [0.717, 1.165) is 5.56 Å². The standard InChI is InChI=1S/C10H13N3O/c1-8-3-5-9(6-4-8)10(11-2)13-12-7-14/h3-7H,1-2H3,(H,11,13)(H,12,14). The zero-order valence-corrected chi connectivity index (χ0v) is 8.24. The Balaban J connectivity index is 2.79. The van der Waals surface area contributed by atoms with Crippen molar-refractivity contribution < 1.29 is 4.79 Å². The van der Waals surface area contributed by atoms with Gasteiger partial charge in [0.05, 0.1) is 0 Å². The van der Waals surface area contributed by atoms with Gasteiger partial charge in [-0.05, 0) is 6.92 Å². The second-order valence-corrected chi connectivity index (χ2v) is 2.83. The molecular weight excluding hydrogens is 178 g/mol. The molecule has 0 aliphatic carbocycles. The minimum atomic E-state index is 0.569. The molecule has 0 unspecified atom stereocenters. The lowest BCUT2D eigenvalue weighted by molar-refractivity contribution is -0.110. The van der Waals surface area contributed by atoms with Crippen LogP contribution in [0.3, 0.4) is 0 Å². The molecule has 2 N–H and O–H groups in total. The maximum absolute atomic E-state index is 10.1. The molecule has 0 aliphatic rings. The minimum absolute atomic E-state index is 0.569. The van der Waals surface area contributed by atoms with Crippen LogP contribution >= 0.6 is 0 Å². The van der Waals surface area contributed by atoms with E-state index >= 15 is 0 Å². The number of carbonyl (C=O) groups excluding carboxylic acids is 1. The van der Waals surface area contributed by atoms with Gasteiger partial charge < -0.3 is 0 Å². The Morgan fingerprint density at radius 2 is 2.00 bits per heavy atom. The number of hydrazine groups is 1. The number of nitrogens with zero attached hydrogens (tertiary/aromatic N) is 1. The molecule has 0 atom stereocenters. The topological polar surface area (TPSA) is 53.5 Å². The second kappa shape index (κ2) is 5.01. The third-order valence-corrected chi connectivity index (χ3v) is 1.80. The normalized spacial score (nSPS) is 10.9. The Bertz CT molecular complexity index is 330. The molecule has 1 rings (SSSR count). The number of amides is 1. The largest absolute Gasteiger partial charge is 0.282 e. The summed E-state index contributed by atoms with van der Waals surface area (Å²) in [4.78, 5) is 14.1. The maximum Gasteiger partial charge on any atom is 0.225 e. The summed E-state index contributed by atoms with van der Waals surface area (Å²) < 4.78 is 0. The van der Waals surface area contributed by atoms with Crippen LogP contribution < -0.4 is 10.9 Å². The highest BCUT2D eigenvalue weighted by atomic mass is 16.1. The number of amidine groups is 1. The van der Waals surface area contributed by atoms with E-state index in [4.69, 9.17) is 0 Å². The van der Waals surface area contributed by atoms with Gasteiger partial charge in [-0.25, -0.2) is 0 Å². The van der Waals surface area contributed by atoms with Gasteiger partial charge >= 0.3 is 0 Å². The van der Waals surface area contributed by atoms with Crippen molar-refractivity contribution in [3.8, 4) is 0 Å². The molecule has 0 heterocycles. The molecule has 0 fully saturated rings. The molecular formula is C10H13N3O.